The number of hydrogen-bond acceptors (Lipinski definition) is 3. The van der Waals surface area contributed by atoms with E-state index in [0.717, 1.165) is 6.54 Å². The maximum Gasteiger partial charge on any atom is 0.234 e. The highest BCUT2D eigenvalue weighted by atomic mass is 16.3. The van der Waals surface area contributed by atoms with Crippen LogP contribution in [0.2, 0.25) is 0 Å². The number of carbonyl (C=O) groups excluding carboxylic acids is 1. The highest BCUT2D eigenvalue weighted by molar-refractivity contribution is 5.78. The zero-order valence-corrected chi connectivity index (χ0v) is 11.1. The Balaban J connectivity index is 2.53. The van der Waals surface area contributed by atoms with Crippen molar-refractivity contribution in [2.75, 3.05) is 19.7 Å². The number of nitrogens with one attached hydrogen (secondary N) is 1. The van der Waals surface area contributed by atoms with Crippen LogP contribution in [0.5, 0.6) is 0 Å². The fourth-order valence-electron chi connectivity index (χ4n) is 1.67. The normalized spacial score (nSPS) is 10.9. The minimum absolute atomic E-state index is 0.0217. The van der Waals surface area contributed by atoms with Gasteiger partial charge in [-0.3, -0.25) is 9.69 Å². The molecule has 0 aliphatic carbocycles. The van der Waals surface area contributed by atoms with E-state index in [-0.39, 0.29) is 12.5 Å². The number of aliphatic hydroxyl groups excluding tert-OH is 1. The van der Waals surface area contributed by atoms with E-state index in [4.69, 9.17) is 5.11 Å². The van der Waals surface area contributed by atoms with Gasteiger partial charge in [0.15, 0.2) is 0 Å². The molecule has 0 aromatic heterocycles. The van der Waals surface area contributed by atoms with Gasteiger partial charge in [-0.05, 0) is 19.4 Å². The first-order chi connectivity index (χ1) is 8.63. The molecule has 1 aromatic carbocycles. The number of carbonyl (C=O) groups is 1. The van der Waals surface area contributed by atoms with Crippen molar-refractivity contribution >= 4 is 5.91 Å². The van der Waals surface area contributed by atoms with Crippen LogP contribution in [0.25, 0.3) is 0 Å². The number of hydrogen-bond donors (Lipinski definition) is 2. The molecule has 4 nitrogen and oxygen atoms in total. The molecule has 1 aromatic rings. The van der Waals surface area contributed by atoms with Gasteiger partial charge in [0.25, 0.3) is 0 Å². The molecule has 18 heavy (non-hydrogen) atoms. The van der Waals surface area contributed by atoms with Crippen molar-refractivity contribution in [1.82, 2.24) is 10.2 Å². The number of benzene rings is 1. The van der Waals surface area contributed by atoms with Crippen molar-refractivity contribution in [2.45, 2.75) is 26.4 Å². The summed E-state index contributed by atoms with van der Waals surface area (Å²) in [6.07, 6.45) is 0. The molecule has 0 atom stereocenters. The molecule has 0 saturated heterocycles. The molecule has 0 aliphatic heterocycles. The lowest BCUT2D eigenvalue weighted by atomic mass is 10.2. The van der Waals surface area contributed by atoms with Gasteiger partial charge in [0.2, 0.25) is 5.91 Å². The van der Waals surface area contributed by atoms with E-state index in [0.29, 0.717) is 19.1 Å². The van der Waals surface area contributed by atoms with Crippen LogP contribution in [0.1, 0.15) is 19.4 Å². The minimum atomic E-state index is -0.0475. The average molecular weight is 250 g/mol. The Kier molecular flexibility index (Phi) is 6.39. The summed E-state index contributed by atoms with van der Waals surface area (Å²) in [5, 5.41) is 11.3. The van der Waals surface area contributed by atoms with Gasteiger partial charge >= 0.3 is 0 Å². The maximum absolute atomic E-state index is 11.6. The molecule has 4 heteroatoms. The largest absolute Gasteiger partial charge is 0.395 e. The molecular formula is C14H22N2O2. The first-order valence-corrected chi connectivity index (χ1v) is 6.29. The summed E-state index contributed by atoms with van der Waals surface area (Å²) in [7, 11) is 0. The van der Waals surface area contributed by atoms with Crippen molar-refractivity contribution in [3.63, 3.8) is 0 Å². The lowest BCUT2D eigenvalue weighted by molar-refractivity contribution is -0.123. The molecule has 0 aliphatic rings. The predicted molar refractivity (Wildman–Crippen MR) is 72.1 cm³/mol. The van der Waals surface area contributed by atoms with Gasteiger partial charge in [-0.2, -0.15) is 0 Å². The second-order valence-electron chi connectivity index (χ2n) is 4.56. The summed E-state index contributed by atoms with van der Waals surface area (Å²) in [4.78, 5) is 13.7. The molecule has 0 spiro atoms. The highest BCUT2D eigenvalue weighted by Gasteiger charge is 2.13. The predicted octanol–water partition coefficient (Wildman–Crippen LogP) is 1.01. The number of aliphatic hydroxyl groups is 1. The Morgan fingerprint density at radius 2 is 2.00 bits per heavy atom. The maximum atomic E-state index is 11.6. The van der Waals surface area contributed by atoms with Crippen molar-refractivity contribution in [2.24, 2.45) is 0 Å². The zero-order chi connectivity index (χ0) is 13.4. The van der Waals surface area contributed by atoms with E-state index in [2.05, 4.69) is 36.2 Å². The Bertz CT molecular complexity index is 352. The molecule has 0 bridgehead atoms. The summed E-state index contributed by atoms with van der Waals surface area (Å²) in [6, 6.07) is 10.4. The minimum Gasteiger partial charge on any atom is -0.395 e. The van der Waals surface area contributed by atoms with Crippen LogP contribution in [0, 0.1) is 0 Å². The fraction of sp³-hybridized carbons (Fsp3) is 0.500. The third kappa shape index (κ3) is 5.29. The van der Waals surface area contributed by atoms with E-state index in [1.807, 2.05) is 18.2 Å². The SMILES string of the molecule is CC(C)N(CC(=O)NCCO)Cc1ccccc1. The molecule has 1 amide bonds. The monoisotopic (exact) mass is 250 g/mol. The standard InChI is InChI=1S/C14H22N2O2/c1-12(2)16(11-14(18)15-8-9-17)10-13-6-4-3-5-7-13/h3-7,12,17H,8-11H2,1-2H3,(H,15,18). The second kappa shape index (κ2) is 7.84. The molecule has 0 unspecified atom stereocenters. The number of amides is 1. The lowest BCUT2D eigenvalue weighted by Crippen LogP contribution is -2.41. The lowest BCUT2D eigenvalue weighted by Gasteiger charge is -2.25. The summed E-state index contributed by atoms with van der Waals surface area (Å²) < 4.78 is 0. The van der Waals surface area contributed by atoms with Gasteiger partial charge in [-0.15, -0.1) is 0 Å². The summed E-state index contributed by atoms with van der Waals surface area (Å²) in [6.45, 7) is 5.55. The van der Waals surface area contributed by atoms with Crippen molar-refractivity contribution in [3.8, 4) is 0 Å². The van der Waals surface area contributed by atoms with E-state index in [1.54, 1.807) is 0 Å². The Morgan fingerprint density at radius 1 is 1.33 bits per heavy atom. The highest BCUT2D eigenvalue weighted by Crippen LogP contribution is 2.07. The van der Waals surface area contributed by atoms with Gasteiger partial charge in [0.05, 0.1) is 13.2 Å². The van der Waals surface area contributed by atoms with Crippen LogP contribution in [0.15, 0.2) is 30.3 Å². The number of nitrogens with zero attached hydrogens (tertiary/aromatic N) is 1. The summed E-state index contributed by atoms with van der Waals surface area (Å²) >= 11 is 0. The molecule has 0 heterocycles. The first-order valence-electron chi connectivity index (χ1n) is 6.29. The molecule has 0 radical (unpaired) electrons. The van der Waals surface area contributed by atoms with Gasteiger partial charge in [0.1, 0.15) is 0 Å². The van der Waals surface area contributed by atoms with Crippen molar-refractivity contribution < 1.29 is 9.90 Å². The molecule has 0 fully saturated rings. The summed E-state index contributed by atoms with van der Waals surface area (Å²) in [5.41, 5.74) is 1.20. The molecule has 0 saturated carbocycles. The Morgan fingerprint density at radius 3 is 2.56 bits per heavy atom. The zero-order valence-electron chi connectivity index (χ0n) is 11.1. The van der Waals surface area contributed by atoms with Crippen LogP contribution >= 0.6 is 0 Å². The van der Waals surface area contributed by atoms with Crippen LogP contribution < -0.4 is 5.32 Å². The second-order valence-corrected chi connectivity index (χ2v) is 4.56. The van der Waals surface area contributed by atoms with Crippen LogP contribution in [0.3, 0.4) is 0 Å². The molecule has 2 N–H and O–H groups in total. The average Bonchev–Trinajstić information content (AvgIpc) is 2.36. The Labute approximate surface area is 109 Å². The van der Waals surface area contributed by atoms with Gasteiger partial charge in [-0.1, -0.05) is 30.3 Å². The quantitative estimate of drug-likeness (QED) is 0.759. The molecule has 1 rings (SSSR count). The van der Waals surface area contributed by atoms with E-state index in [9.17, 15) is 4.79 Å². The van der Waals surface area contributed by atoms with Gasteiger partial charge in [0, 0.05) is 19.1 Å². The van der Waals surface area contributed by atoms with Gasteiger partial charge < -0.3 is 10.4 Å². The van der Waals surface area contributed by atoms with Crippen LogP contribution in [0.4, 0.5) is 0 Å². The molecular weight excluding hydrogens is 228 g/mol. The van der Waals surface area contributed by atoms with Crippen LogP contribution in [-0.2, 0) is 11.3 Å². The first kappa shape index (κ1) is 14.7. The van der Waals surface area contributed by atoms with E-state index >= 15 is 0 Å². The smallest absolute Gasteiger partial charge is 0.234 e. The summed E-state index contributed by atoms with van der Waals surface area (Å²) in [5.74, 6) is -0.0475. The van der Waals surface area contributed by atoms with E-state index < -0.39 is 0 Å². The fourth-order valence-corrected chi connectivity index (χ4v) is 1.67. The van der Waals surface area contributed by atoms with Gasteiger partial charge in [-0.25, -0.2) is 0 Å². The van der Waals surface area contributed by atoms with Crippen molar-refractivity contribution in [1.29, 1.82) is 0 Å². The molecule has 100 valence electrons. The number of rotatable bonds is 7. The topological polar surface area (TPSA) is 52.6 Å². The Hall–Kier alpha value is -1.39. The van der Waals surface area contributed by atoms with E-state index in [1.165, 1.54) is 5.56 Å². The third-order valence-corrected chi connectivity index (χ3v) is 2.74. The van der Waals surface area contributed by atoms with Crippen molar-refractivity contribution in [3.05, 3.63) is 35.9 Å². The van der Waals surface area contributed by atoms with Crippen LogP contribution in [-0.4, -0.2) is 41.7 Å². The third-order valence-electron chi connectivity index (χ3n) is 2.74.